The number of hydrogen-bond donors (Lipinski definition) is 1. The Hall–Kier alpha value is -1.87. The van der Waals surface area contributed by atoms with E-state index in [1.165, 1.54) is 6.07 Å². The highest BCUT2D eigenvalue weighted by Crippen LogP contribution is 2.36. The molecule has 2 unspecified atom stereocenters. The minimum atomic E-state index is -0.638. The zero-order chi connectivity index (χ0) is 13.2. The van der Waals surface area contributed by atoms with Gasteiger partial charge < -0.3 is 9.84 Å². The Morgan fingerprint density at radius 3 is 2.74 bits per heavy atom. The number of halogens is 1. The van der Waals surface area contributed by atoms with Gasteiger partial charge in [-0.05, 0) is 17.7 Å². The van der Waals surface area contributed by atoms with Crippen LogP contribution >= 0.6 is 0 Å². The lowest BCUT2D eigenvalue weighted by Crippen LogP contribution is -2.22. The van der Waals surface area contributed by atoms with E-state index in [0.717, 1.165) is 11.3 Å². The zero-order valence-electron chi connectivity index (χ0n) is 10.4. The second-order valence-electron chi connectivity index (χ2n) is 4.82. The number of aliphatic hydroxyl groups is 1. The molecule has 0 radical (unpaired) electrons. The van der Waals surface area contributed by atoms with Crippen molar-refractivity contribution in [3.8, 4) is 5.75 Å². The van der Waals surface area contributed by atoms with E-state index in [4.69, 9.17) is 4.74 Å². The van der Waals surface area contributed by atoms with E-state index >= 15 is 0 Å². The van der Waals surface area contributed by atoms with Crippen LogP contribution in [0.15, 0.2) is 48.5 Å². The summed E-state index contributed by atoms with van der Waals surface area (Å²) in [7, 11) is 0. The molecule has 3 rings (SSSR count). The maximum atomic E-state index is 13.6. The lowest BCUT2D eigenvalue weighted by Gasteiger charge is -2.17. The first-order valence-corrected chi connectivity index (χ1v) is 6.39. The highest BCUT2D eigenvalue weighted by Gasteiger charge is 2.30. The Balaban J connectivity index is 1.79. The molecule has 2 nitrogen and oxygen atoms in total. The van der Waals surface area contributed by atoms with E-state index in [9.17, 15) is 9.50 Å². The minimum Gasteiger partial charge on any atom is -0.493 e. The van der Waals surface area contributed by atoms with E-state index in [0.29, 0.717) is 18.6 Å². The van der Waals surface area contributed by atoms with Crippen LogP contribution in [0.2, 0.25) is 0 Å². The normalized spacial score (nSPS) is 18.7. The van der Waals surface area contributed by atoms with Crippen molar-refractivity contribution in [2.75, 3.05) is 6.61 Å². The molecule has 0 spiro atoms. The molecule has 1 aliphatic rings. The SMILES string of the molecule is OC(Cc1ccccc1F)C1COc2ccccc21. The van der Waals surface area contributed by atoms with Crippen molar-refractivity contribution in [3.05, 3.63) is 65.5 Å². The average molecular weight is 258 g/mol. The van der Waals surface area contributed by atoms with E-state index in [1.54, 1.807) is 18.2 Å². The topological polar surface area (TPSA) is 29.5 Å². The van der Waals surface area contributed by atoms with Crippen LogP contribution < -0.4 is 4.74 Å². The number of hydrogen-bond acceptors (Lipinski definition) is 2. The number of aliphatic hydroxyl groups excluding tert-OH is 1. The highest BCUT2D eigenvalue weighted by molar-refractivity contribution is 5.40. The molecule has 0 amide bonds. The molecule has 0 bridgehead atoms. The molecule has 0 saturated carbocycles. The molecule has 0 aliphatic carbocycles. The van der Waals surface area contributed by atoms with Crippen LogP contribution in [-0.2, 0) is 6.42 Å². The van der Waals surface area contributed by atoms with Gasteiger partial charge in [0.1, 0.15) is 11.6 Å². The predicted octanol–water partition coefficient (Wildman–Crippen LogP) is 2.91. The molecule has 3 heteroatoms. The number of rotatable bonds is 3. The lowest BCUT2D eigenvalue weighted by atomic mass is 9.91. The molecule has 0 saturated heterocycles. The van der Waals surface area contributed by atoms with Crippen molar-refractivity contribution >= 4 is 0 Å². The number of benzene rings is 2. The molecular weight excluding hydrogens is 243 g/mol. The van der Waals surface area contributed by atoms with E-state index in [1.807, 2.05) is 24.3 Å². The van der Waals surface area contributed by atoms with Gasteiger partial charge in [0.25, 0.3) is 0 Å². The van der Waals surface area contributed by atoms with Gasteiger partial charge in [0.2, 0.25) is 0 Å². The van der Waals surface area contributed by atoms with Crippen molar-refractivity contribution < 1.29 is 14.2 Å². The fourth-order valence-corrected chi connectivity index (χ4v) is 2.54. The van der Waals surface area contributed by atoms with Crippen LogP contribution in [0.5, 0.6) is 5.75 Å². The van der Waals surface area contributed by atoms with Crippen LogP contribution in [0.4, 0.5) is 4.39 Å². The third-order valence-corrected chi connectivity index (χ3v) is 3.59. The number of fused-ring (bicyclic) bond motifs is 1. The maximum Gasteiger partial charge on any atom is 0.126 e. The van der Waals surface area contributed by atoms with Crippen LogP contribution in [0.25, 0.3) is 0 Å². The third kappa shape index (κ3) is 2.34. The van der Waals surface area contributed by atoms with Gasteiger partial charge in [0, 0.05) is 17.9 Å². The minimum absolute atomic E-state index is 0.0872. The quantitative estimate of drug-likeness (QED) is 0.917. The Kier molecular flexibility index (Phi) is 3.22. The Bertz CT molecular complexity index is 582. The van der Waals surface area contributed by atoms with Gasteiger partial charge in [-0.25, -0.2) is 4.39 Å². The summed E-state index contributed by atoms with van der Waals surface area (Å²) in [5.41, 5.74) is 1.55. The Morgan fingerprint density at radius 2 is 1.89 bits per heavy atom. The van der Waals surface area contributed by atoms with Crippen molar-refractivity contribution in [3.63, 3.8) is 0 Å². The van der Waals surface area contributed by atoms with Gasteiger partial charge in [0.15, 0.2) is 0 Å². The summed E-state index contributed by atoms with van der Waals surface area (Å²) >= 11 is 0. The Labute approximate surface area is 111 Å². The molecule has 2 aromatic rings. The molecule has 2 aromatic carbocycles. The molecule has 1 aliphatic heterocycles. The predicted molar refractivity (Wildman–Crippen MR) is 70.8 cm³/mol. The molecule has 0 aromatic heterocycles. The number of para-hydroxylation sites is 1. The summed E-state index contributed by atoms with van der Waals surface area (Å²) in [6.07, 6.45) is -0.338. The lowest BCUT2D eigenvalue weighted by molar-refractivity contribution is 0.128. The third-order valence-electron chi connectivity index (χ3n) is 3.59. The maximum absolute atomic E-state index is 13.6. The molecule has 98 valence electrons. The van der Waals surface area contributed by atoms with Crippen molar-refractivity contribution in [1.82, 2.24) is 0 Å². The monoisotopic (exact) mass is 258 g/mol. The molecular formula is C16H15FO2. The summed E-state index contributed by atoms with van der Waals surface area (Å²) in [4.78, 5) is 0. The van der Waals surface area contributed by atoms with E-state index in [-0.39, 0.29) is 11.7 Å². The van der Waals surface area contributed by atoms with Gasteiger partial charge in [-0.1, -0.05) is 36.4 Å². The van der Waals surface area contributed by atoms with Crippen LogP contribution in [0.1, 0.15) is 17.0 Å². The molecule has 0 fully saturated rings. The van der Waals surface area contributed by atoms with Crippen molar-refractivity contribution in [2.24, 2.45) is 0 Å². The van der Waals surface area contributed by atoms with Gasteiger partial charge >= 0.3 is 0 Å². The van der Waals surface area contributed by atoms with Gasteiger partial charge in [-0.15, -0.1) is 0 Å². The van der Waals surface area contributed by atoms with Crippen molar-refractivity contribution in [2.45, 2.75) is 18.4 Å². The van der Waals surface area contributed by atoms with E-state index in [2.05, 4.69) is 0 Å². The molecule has 19 heavy (non-hydrogen) atoms. The van der Waals surface area contributed by atoms with E-state index < -0.39 is 6.10 Å². The fourth-order valence-electron chi connectivity index (χ4n) is 2.54. The molecule has 2 atom stereocenters. The molecule has 1 heterocycles. The van der Waals surface area contributed by atoms with Crippen LogP contribution in [0.3, 0.4) is 0 Å². The standard InChI is InChI=1S/C16H15FO2/c17-14-7-3-1-5-11(14)9-15(18)13-10-19-16-8-4-2-6-12(13)16/h1-8,13,15,18H,9-10H2. The van der Waals surface area contributed by atoms with Gasteiger partial charge in [-0.3, -0.25) is 0 Å². The summed E-state index contributed by atoms with van der Waals surface area (Å²) in [5, 5.41) is 10.3. The first-order valence-electron chi connectivity index (χ1n) is 6.39. The second-order valence-corrected chi connectivity index (χ2v) is 4.82. The fraction of sp³-hybridized carbons (Fsp3) is 0.250. The average Bonchev–Trinajstić information content (AvgIpc) is 2.85. The first kappa shape index (κ1) is 12.2. The molecule has 1 N–H and O–H groups in total. The second kappa shape index (κ2) is 5.02. The zero-order valence-corrected chi connectivity index (χ0v) is 10.4. The van der Waals surface area contributed by atoms with Crippen molar-refractivity contribution in [1.29, 1.82) is 0 Å². The first-order chi connectivity index (χ1) is 9.25. The summed E-state index contributed by atoms with van der Waals surface area (Å²) in [6, 6.07) is 14.2. The number of ether oxygens (including phenoxy) is 1. The summed E-state index contributed by atoms with van der Waals surface area (Å²) in [6.45, 7) is 0.453. The summed E-state index contributed by atoms with van der Waals surface area (Å²) in [5.74, 6) is 0.463. The van der Waals surface area contributed by atoms with Gasteiger partial charge in [0.05, 0.1) is 12.7 Å². The largest absolute Gasteiger partial charge is 0.493 e. The smallest absolute Gasteiger partial charge is 0.126 e. The van der Waals surface area contributed by atoms with Crippen LogP contribution in [-0.4, -0.2) is 17.8 Å². The highest BCUT2D eigenvalue weighted by atomic mass is 19.1. The van der Waals surface area contributed by atoms with Gasteiger partial charge in [-0.2, -0.15) is 0 Å². The van der Waals surface area contributed by atoms with Crippen LogP contribution in [0, 0.1) is 5.82 Å². The summed E-state index contributed by atoms with van der Waals surface area (Å²) < 4.78 is 19.1. The Morgan fingerprint density at radius 1 is 1.16 bits per heavy atom.